The first-order valence-corrected chi connectivity index (χ1v) is 17.2. The predicted molar refractivity (Wildman–Crippen MR) is 186 cm³/mol. The lowest BCUT2D eigenvalue weighted by Gasteiger charge is -2.35. The Kier molecular flexibility index (Phi) is 11.4. The van der Waals surface area contributed by atoms with Crippen LogP contribution in [0.25, 0.3) is 0 Å². The summed E-state index contributed by atoms with van der Waals surface area (Å²) >= 11 is 19.0. The Morgan fingerprint density at radius 3 is 2.00 bits per heavy atom. The number of anilines is 1. The van der Waals surface area contributed by atoms with Gasteiger partial charge in [-0.25, -0.2) is 8.42 Å². The summed E-state index contributed by atoms with van der Waals surface area (Å²) in [7, 11) is -4.24. The highest BCUT2D eigenvalue weighted by atomic mass is 35.5. The largest absolute Gasteiger partial charge is 0.350 e. The Labute approximate surface area is 286 Å². The van der Waals surface area contributed by atoms with Crippen LogP contribution in [0.2, 0.25) is 15.1 Å². The van der Waals surface area contributed by atoms with Crippen molar-refractivity contribution in [2.24, 2.45) is 0 Å². The van der Waals surface area contributed by atoms with Crippen molar-refractivity contribution in [3.8, 4) is 0 Å². The lowest BCUT2D eigenvalue weighted by Crippen LogP contribution is -2.56. The van der Waals surface area contributed by atoms with Crippen molar-refractivity contribution in [2.75, 3.05) is 10.8 Å². The summed E-state index contributed by atoms with van der Waals surface area (Å²) < 4.78 is 29.4. The molecule has 0 radical (unpaired) electrons. The third kappa shape index (κ3) is 9.04. The minimum Gasteiger partial charge on any atom is -0.350 e. The van der Waals surface area contributed by atoms with E-state index in [-0.39, 0.29) is 23.5 Å². The first-order chi connectivity index (χ1) is 21.7. The van der Waals surface area contributed by atoms with Crippen molar-refractivity contribution in [3.05, 3.63) is 129 Å². The maximum absolute atomic E-state index is 14.6. The van der Waals surface area contributed by atoms with E-state index in [2.05, 4.69) is 5.32 Å². The first kappa shape index (κ1) is 35.3. The molecule has 11 heteroatoms. The molecule has 46 heavy (non-hydrogen) atoms. The number of aryl methyl sites for hydroxylation is 1. The highest BCUT2D eigenvalue weighted by molar-refractivity contribution is 7.92. The Morgan fingerprint density at radius 2 is 1.41 bits per heavy atom. The highest BCUT2D eigenvalue weighted by Gasteiger charge is 2.36. The molecule has 7 nitrogen and oxygen atoms in total. The van der Waals surface area contributed by atoms with E-state index in [1.807, 2.05) is 51.1 Å². The number of hydrogen-bond acceptors (Lipinski definition) is 4. The van der Waals surface area contributed by atoms with Gasteiger partial charge in [0.2, 0.25) is 11.8 Å². The zero-order valence-electron chi connectivity index (χ0n) is 26.0. The molecule has 1 unspecified atom stereocenters. The zero-order valence-corrected chi connectivity index (χ0v) is 29.1. The quantitative estimate of drug-likeness (QED) is 0.174. The molecule has 0 spiro atoms. The van der Waals surface area contributed by atoms with E-state index in [0.29, 0.717) is 26.2 Å². The van der Waals surface area contributed by atoms with Crippen LogP contribution in [0.15, 0.2) is 102 Å². The Balaban J connectivity index is 1.86. The van der Waals surface area contributed by atoms with Crippen molar-refractivity contribution in [3.63, 3.8) is 0 Å². The average molecular weight is 701 g/mol. The van der Waals surface area contributed by atoms with Crippen LogP contribution in [0, 0.1) is 6.92 Å². The fraction of sp³-hybridized carbons (Fsp3) is 0.257. The molecule has 2 amide bonds. The molecule has 1 N–H and O–H groups in total. The summed E-state index contributed by atoms with van der Waals surface area (Å²) in [6.45, 7) is 6.60. The summed E-state index contributed by atoms with van der Waals surface area (Å²) in [4.78, 5) is 30.0. The number of amides is 2. The van der Waals surface area contributed by atoms with E-state index >= 15 is 0 Å². The first-order valence-electron chi connectivity index (χ1n) is 14.6. The van der Waals surface area contributed by atoms with Gasteiger partial charge in [0.05, 0.1) is 10.6 Å². The molecule has 0 saturated carbocycles. The van der Waals surface area contributed by atoms with Crippen LogP contribution in [0.5, 0.6) is 0 Å². The van der Waals surface area contributed by atoms with Gasteiger partial charge in [0.1, 0.15) is 12.6 Å². The van der Waals surface area contributed by atoms with E-state index in [1.165, 1.54) is 17.0 Å². The van der Waals surface area contributed by atoms with Crippen molar-refractivity contribution in [2.45, 2.75) is 57.1 Å². The molecule has 0 aliphatic rings. The lowest BCUT2D eigenvalue weighted by molar-refractivity contribution is -0.140. The second-order valence-corrected chi connectivity index (χ2v) is 15.1. The molecule has 0 fully saturated rings. The number of rotatable bonds is 11. The topological polar surface area (TPSA) is 86.8 Å². The zero-order chi connectivity index (χ0) is 33.6. The third-order valence-electron chi connectivity index (χ3n) is 7.16. The summed E-state index contributed by atoms with van der Waals surface area (Å²) in [5, 5.41) is 4.15. The molecule has 0 aliphatic carbocycles. The van der Waals surface area contributed by atoms with Crippen LogP contribution in [-0.2, 0) is 32.6 Å². The maximum atomic E-state index is 14.6. The monoisotopic (exact) mass is 699 g/mol. The molecule has 0 saturated heterocycles. The van der Waals surface area contributed by atoms with Gasteiger partial charge < -0.3 is 10.2 Å². The van der Waals surface area contributed by atoms with Crippen LogP contribution >= 0.6 is 34.8 Å². The summed E-state index contributed by atoms with van der Waals surface area (Å²) in [6, 6.07) is 25.9. The number of carbonyl (C=O) groups is 2. The smallest absolute Gasteiger partial charge is 0.264 e. The molecule has 4 rings (SSSR count). The van der Waals surface area contributed by atoms with Gasteiger partial charge in [-0.15, -0.1) is 0 Å². The van der Waals surface area contributed by atoms with E-state index in [4.69, 9.17) is 34.8 Å². The summed E-state index contributed by atoms with van der Waals surface area (Å²) in [5.74, 6) is -1.00. The molecule has 1 atom stereocenters. The van der Waals surface area contributed by atoms with E-state index in [1.54, 1.807) is 61.5 Å². The molecule has 4 aromatic rings. The normalized spacial score (nSPS) is 12.3. The highest BCUT2D eigenvalue weighted by Crippen LogP contribution is 2.30. The van der Waals surface area contributed by atoms with Gasteiger partial charge in [0.15, 0.2) is 0 Å². The van der Waals surface area contributed by atoms with E-state index in [9.17, 15) is 18.0 Å². The molecule has 0 aromatic heterocycles. The van der Waals surface area contributed by atoms with Gasteiger partial charge in [0.25, 0.3) is 10.0 Å². The van der Waals surface area contributed by atoms with Crippen LogP contribution < -0.4 is 9.62 Å². The predicted octanol–water partition coefficient (Wildman–Crippen LogP) is 7.71. The number of nitrogens with zero attached hydrogens (tertiary/aromatic N) is 2. The SMILES string of the molecule is Cc1cc(Cl)ccc1N(CC(=O)N(Cc1ccc(Cl)cc1Cl)C(Cc1ccccc1)C(=O)NC(C)(C)C)S(=O)(=O)c1ccccc1. The minimum atomic E-state index is -4.24. The van der Waals surface area contributed by atoms with Gasteiger partial charge in [-0.1, -0.05) is 89.4 Å². The fourth-order valence-electron chi connectivity index (χ4n) is 4.97. The van der Waals surface area contributed by atoms with Crippen LogP contribution in [-0.4, -0.2) is 43.3 Å². The van der Waals surface area contributed by atoms with Gasteiger partial charge >= 0.3 is 0 Å². The van der Waals surface area contributed by atoms with Gasteiger partial charge in [-0.3, -0.25) is 13.9 Å². The van der Waals surface area contributed by atoms with Crippen LogP contribution in [0.1, 0.15) is 37.5 Å². The minimum absolute atomic E-state index is 0.00996. The molecule has 0 bridgehead atoms. The third-order valence-corrected chi connectivity index (χ3v) is 9.76. The lowest BCUT2D eigenvalue weighted by atomic mass is 10.0. The Hall–Kier alpha value is -3.56. The molecule has 0 aliphatic heterocycles. The number of benzene rings is 4. The van der Waals surface area contributed by atoms with Crippen LogP contribution in [0.4, 0.5) is 5.69 Å². The number of hydrogen-bond donors (Lipinski definition) is 1. The molecular formula is C35H36Cl3N3O4S. The molecule has 0 heterocycles. The Bertz CT molecular complexity index is 1800. The Morgan fingerprint density at radius 1 is 0.826 bits per heavy atom. The maximum Gasteiger partial charge on any atom is 0.264 e. The van der Waals surface area contributed by atoms with Crippen molar-refractivity contribution in [1.82, 2.24) is 10.2 Å². The van der Waals surface area contributed by atoms with Crippen molar-refractivity contribution < 1.29 is 18.0 Å². The van der Waals surface area contributed by atoms with E-state index < -0.39 is 40.0 Å². The number of carbonyl (C=O) groups excluding carboxylic acids is 2. The summed E-state index contributed by atoms with van der Waals surface area (Å²) in [5.41, 5.74) is 1.59. The standard InChI is InChI=1S/C35H36Cl3N3O4S/c1-24-19-27(36)17-18-31(24)41(46(44,45)29-13-9-6-10-14-29)23-33(42)40(22-26-15-16-28(37)21-30(26)38)32(34(43)39-35(2,3)4)20-25-11-7-5-8-12-25/h5-19,21,32H,20,22-23H2,1-4H3,(H,39,43). The number of nitrogens with one attached hydrogen (secondary N) is 1. The van der Waals surface area contributed by atoms with Crippen molar-refractivity contribution >= 4 is 62.3 Å². The van der Waals surface area contributed by atoms with Crippen molar-refractivity contribution in [1.29, 1.82) is 0 Å². The molecule has 4 aromatic carbocycles. The molecular weight excluding hydrogens is 665 g/mol. The van der Waals surface area contributed by atoms with Gasteiger partial charge in [0, 0.05) is 33.6 Å². The second-order valence-electron chi connectivity index (χ2n) is 12.0. The number of halogens is 3. The summed E-state index contributed by atoms with van der Waals surface area (Å²) in [6.07, 6.45) is 0.172. The van der Waals surface area contributed by atoms with Gasteiger partial charge in [-0.05, 0) is 86.8 Å². The number of sulfonamides is 1. The average Bonchev–Trinajstić information content (AvgIpc) is 2.99. The molecule has 242 valence electrons. The van der Waals surface area contributed by atoms with Crippen LogP contribution in [0.3, 0.4) is 0 Å². The van der Waals surface area contributed by atoms with Gasteiger partial charge in [-0.2, -0.15) is 0 Å². The second kappa shape index (κ2) is 14.9. The van der Waals surface area contributed by atoms with E-state index in [0.717, 1.165) is 9.87 Å². The fourth-order valence-corrected chi connectivity index (χ4v) is 7.17.